The molecular weight excluding hydrogens is 432 g/mol. The van der Waals surface area contributed by atoms with E-state index in [4.69, 9.17) is 4.74 Å². The molecule has 180 valence electrons. The molecule has 0 unspecified atom stereocenters. The Morgan fingerprint density at radius 3 is 2.59 bits per heavy atom. The van der Waals surface area contributed by atoms with Crippen molar-refractivity contribution in [3.63, 3.8) is 0 Å². The molecule has 0 saturated heterocycles. The molecule has 2 atom stereocenters. The van der Waals surface area contributed by atoms with Gasteiger partial charge in [-0.2, -0.15) is 0 Å². The van der Waals surface area contributed by atoms with Crippen LogP contribution in [0.2, 0.25) is 0 Å². The van der Waals surface area contributed by atoms with Crippen molar-refractivity contribution in [3.8, 4) is 0 Å². The SMILES string of the molecule is COC(=O)C[C@@H](CC(C)C)C(=O)N[C@@H](Cc1c[nH]c2ccccc12)C(=O)NCc1cccnc1. The maximum atomic E-state index is 13.2. The number of methoxy groups -OCH3 is 1. The summed E-state index contributed by atoms with van der Waals surface area (Å²) in [5.74, 6) is -1.46. The van der Waals surface area contributed by atoms with E-state index in [9.17, 15) is 14.4 Å². The summed E-state index contributed by atoms with van der Waals surface area (Å²) in [6.45, 7) is 4.27. The van der Waals surface area contributed by atoms with E-state index in [0.717, 1.165) is 22.0 Å². The standard InChI is InChI=1S/C26H32N4O4/c1-17(2)11-19(13-24(31)34-3)25(32)30-23(26(33)29-15-18-7-6-10-27-14-18)12-20-16-28-22-9-5-4-8-21(20)22/h4-10,14,16-17,19,23,28H,11-13,15H2,1-3H3,(H,29,33)(H,30,32)/t19-,23+/m1/s1. The molecule has 2 heterocycles. The van der Waals surface area contributed by atoms with Gasteiger partial charge in [0.15, 0.2) is 0 Å². The van der Waals surface area contributed by atoms with E-state index in [-0.39, 0.29) is 24.2 Å². The molecule has 0 aliphatic heterocycles. The highest BCUT2D eigenvalue weighted by Crippen LogP contribution is 2.21. The zero-order chi connectivity index (χ0) is 24.5. The molecule has 2 amide bonds. The van der Waals surface area contributed by atoms with Crippen LogP contribution < -0.4 is 10.6 Å². The number of amides is 2. The zero-order valence-corrected chi connectivity index (χ0v) is 19.8. The van der Waals surface area contributed by atoms with Crippen molar-refractivity contribution in [2.24, 2.45) is 11.8 Å². The minimum Gasteiger partial charge on any atom is -0.469 e. The fourth-order valence-corrected chi connectivity index (χ4v) is 3.97. The third-order valence-corrected chi connectivity index (χ3v) is 5.69. The highest BCUT2D eigenvalue weighted by atomic mass is 16.5. The van der Waals surface area contributed by atoms with E-state index in [2.05, 4.69) is 20.6 Å². The van der Waals surface area contributed by atoms with Crippen LogP contribution in [-0.4, -0.2) is 40.9 Å². The molecule has 8 nitrogen and oxygen atoms in total. The Morgan fingerprint density at radius 1 is 1.09 bits per heavy atom. The van der Waals surface area contributed by atoms with Gasteiger partial charge in [-0.05, 0) is 35.6 Å². The number of aromatic nitrogens is 2. The molecule has 3 rings (SSSR count). The molecule has 0 fully saturated rings. The van der Waals surface area contributed by atoms with Crippen LogP contribution in [0, 0.1) is 11.8 Å². The van der Waals surface area contributed by atoms with E-state index in [1.165, 1.54) is 7.11 Å². The fraction of sp³-hybridized carbons (Fsp3) is 0.385. The topological polar surface area (TPSA) is 113 Å². The van der Waals surface area contributed by atoms with E-state index in [0.29, 0.717) is 19.4 Å². The van der Waals surface area contributed by atoms with Crippen LogP contribution in [-0.2, 0) is 32.1 Å². The number of carbonyl (C=O) groups excluding carboxylic acids is 3. The molecular formula is C26H32N4O4. The molecule has 8 heteroatoms. The molecule has 0 aliphatic rings. The monoisotopic (exact) mass is 464 g/mol. The van der Waals surface area contributed by atoms with Crippen molar-refractivity contribution in [1.29, 1.82) is 0 Å². The Balaban J connectivity index is 1.79. The van der Waals surface area contributed by atoms with Crippen LogP contribution in [0.1, 0.15) is 37.8 Å². The molecule has 34 heavy (non-hydrogen) atoms. The summed E-state index contributed by atoms with van der Waals surface area (Å²) in [7, 11) is 1.30. The first-order valence-corrected chi connectivity index (χ1v) is 11.5. The molecule has 0 saturated carbocycles. The van der Waals surface area contributed by atoms with Crippen LogP contribution in [0.15, 0.2) is 55.0 Å². The summed E-state index contributed by atoms with van der Waals surface area (Å²) < 4.78 is 4.78. The van der Waals surface area contributed by atoms with Crippen LogP contribution in [0.3, 0.4) is 0 Å². The Morgan fingerprint density at radius 2 is 1.88 bits per heavy atom. The average Bonchev–Trinajstić information content (AvgIpc) is 3.24. The Hall–Kier alpha value is -3.68. The Labute approximate surface area is 199 Å². The molecule has 0 radical (unpaired) electrons. The second kappa shape index (κ2) is 12.0. The van der Waals surface area contributed by atoms with Crippen molar-refractivity contribution in [1.82, 2.24) is 20.6 Å². The van der Waals surface area contributed by atoms with Gasteiger partial charge >= 0.3 is 5.97 Å². The van der Waals surface area contributed by atoms with Crippen LogP contribution in [0.4, 0.5) is 0 Å². The van der Waals surface area contributed by atoms with E-state index in [1.807, 2.05) is 50.4 Å². The summed E-state index contributed by atoms with van der Waals surface area (Å²) in [4.78, 5) is 45.6. The number of pyridine rings is 1. The van der Waals surface area contributed by atoms with Gasteiger partial charge in [0.05, 0.1) is 13.5 Å². The van der Waals surface area contributed by atoms with Gasteiger partial charge in [0.1, 0.15) is 6.04 Å². The molecule has 3 N–H and O–H groups in total. The van der Waals surface area contributed by atoms with Gasteiger partial charge in [-0.3, -0.25) is 19.4 Å². The van der Waals surface area contributed by atoms with Gasteiger partial charge in [0.25, 0.3) is 0 Å². The number of benzene rings is 1. The Bertz CT molecular complexity index is 1110. The number of aromatic amines is 1. The van der Waals surface area contributed by atoms with E-state index >= 15 is 0 Å². The van der Waals surface area contributed by atoms with Crippen molar-refractivity contribution in [2.45, 2.75) is 45.7 Å². The number of ether oxygens (including phenoxy) is 1. The van der Waals surface area contributed by atoms with Gasteiger partial charge in [-0.25, -0.2) is 0 Å². The number of carbonyl (C=O) groups is 3. The molecule has 3 aromatic rings. The maximum absolute atomic E-state index is 13.2. The zero-order valence-electron chi connectivity index (χ0n) is 19.8. The van der Waals surface area contributed by atoms with Crippen molar-refractivity contribution in [3.05, 3.63) is 66.1 Å². The molecule has 2 aromatic heterocycles. The van der Waals surface area contributed by atoms with Crippen molar-refractivity contribution >= 4 is 28.7 Å². The number of nitrogens with one attached hydrogen (secondary N) is 3. The predicted octanol–water partition coefficient (Wildman–Crippen LogP) is 3.13. The molecule has 1 aromatic carbocycles. The lowest BCUT2D eigenvalue weighted by molar-refractivity contribution is -0.144. The van der Waals surface area contributed by atoms with Crippen molar-refractivity contribution < 1.29 is 19.1 Å². The number of para-hydroxylation sites is 1. The molecule has 0 bridgehead atoms. The van der Waals surface area contributed by atoms with Crippen LogP contribution in [0.5, 0.6) is 0 Å². The van der Waals surface area contributed by atoms with Crippen LogP contribution >= 0.6 is 0 Å². The highest BCUT2D eigenvalue weighted by Gasteiger charge is 2.29. The van der Waals surface area contributed by atoms with Gasteiger partial charge < -0.3 is 20.4 Å². The normalized spacial score (nSPS) is 12.8. The van der Waals surface area contributed by atoms with Gasteiger partial charge in [-0.1, -0.05) is 38.1 Å². The fourth-order valence-electron chi connectivity index (χ4n) is 3.97. The lowest BCUT2D eigenvalue weighted by Gasteiger charge is -2.23. The number of fused-ring (bicyclic) bond motifs is 1. The van der Waals surface area contributed by atoms with E-state index < -0.39 is 17.9 Å². The first-order valence-electron chi connectivity index (χ1n) is 11.5. The maximum Gasteiger partial charge on any atom is 0.306 e. The average molecular weight is 465 g/mol. The third kappa shape index (κ3) is 6.91. The number of hydrogen-bond acceptors (Lipinski definition) is 5. The predicted molar refractivity (Wildman–Crippen MR) is 130 cm³/mol. The Kier molecular flexibility index (Phi) is 8.79. The third-order valence-electron chi connectivity index (χ3n) is 5.69. The highest BCUT2D eigenvalue weighted by molar-refractivity contribution is 5.91. The van der Waals surface area contributed by atoms with Crippen LogP contribution in [0.25, 0.3) is 10.9 Å². The van der Waals surface area contributed by atoms with E-state index in [1.54, 1.807) is 18.5 Å². The summed E-state index contributed by atoms with van der Waals surface area (Å²) in [5.41, 5.74) is 2.74. The number of H-pyrrole nitrogens is 1. The first-order chi connectivity index (χ1) is 16.4. The second-order valence-corrected chi connectivity index (χ2v) is 8.81. The summed E-state index contributed by atoms with van der Waals surface area (Å²) in [6.07, 6.45) is 6.00. The molecule has 0 aliphatic carbocycles. The number of esters is 1. The van der Waals surface area contributed by atoms with Gasteiger partial charge in [0.2, 0.25) is 11.8 Å². The smallest absolute Gasteiger partial charge is 0.306 e. The lowest BCUT2D eigenvalue weighted by atomic mass is 9.92. The van der Waals surface area contributed by atoms with Gasteiger partial charge in [-0.15, -0.1) is 0 Å². The minimum atomic E-state index is -0.810. The minimum absolute atomic E-state index is 0.0301. The molecule has 0 spiro atoms. The van der Waals surface area contributed by atoms with Crippen molar-refractivity contribution in [2.75, 3.05) is 7.11 Å². The second-order valence-electron chi connectivity index (χ2n) is 8.81. The lowest BCUT2D eigenvalue weighted by Crippen LogP contribution is -2.49. The van der Waals surface area contributed by atoms with Gasteiger partial charge in [0, 0.05) is 48.4 Å². The number of nitrogens with zero attached hydrogens (tertiary/aromatic N) is 1. The summed E-state index contributed by atoms with van der Waals surface area (Å²) in [5, 5.41) is 6.80. The first kappa shape index (κ1) is 25.0. The summed E-state index contributed by atoms with van der Waals surface area (Å²) in [6, 6.07) is 10.7. The summed E-state index contributed by atoms with van der Waals surface area (Å²) >= 11 is 0. The number of rotatable bonds is 11. The number of hydrogen-bond donors (Lipinski definition) is 3. The quantitative estimate of drug-likeness (QED) is 0.377. The largest absolute Gasteiger partial charge is 0.469 e.